The van der Waals surface area contributed by atoms with Gasteiger partial charge in [0.2, 0.25) is 5.91 Å². The summed E-state index contributed by atoms with van der Waals surface area (Å²) in [5.41, 5.74) is 0.759. The Morgan fingerprint density at radius 1 is 1.50 bits per heavy atom. The van der Waals surface area contributed by atoms with Crippen molar-refractivity contribution in [3.05, 3.63) is 42.2 Å². The monoisotopic (exact) mass is 328 g/mol. The molecule has 24 heavy (non-hydrogen) atoms. The third kappa shape index (κ3) is 3.68. The number of hydrogen-bond acceptors (Lipinski definition) is 5. The minimum atomic E-state index is -0.413. The van der Waals surface area contributed by atoms with Gasteiger partial charge in [-0.3, -0.25) is 4.79 Å². The molecule has 1 aliphatic rings. The molecule has 0 spiro atoms. The van der Waals surface area contributed by atoms with Crippen LogP contribution in [0.3, 0.4) is 0 Å². The highest BCUT2D eigenvalue weighted by Crippen LogP contribution is 2.24. The zero-order valence-corrected chi connectivity index (χ0v) is 13.0. The van der Waals surface area contributed by atoms with E-state index in [4.69, 9.17) is 5.26 Å². The quantitative estimate of drug-likeness (QED) is 0.907. The fraction of sp³-hybridized carbons (Fsp3) is 0.375. The van der Waals surface area contributed by atoms with Gasteiger partial charge in [-0.25, -0.2) is 14.1 Å². The number of carbonyl (C=O) groups is 1. The van der Waals surface area contributed by atoms with Crippen LogP contribution in [0.2, 0.25) is 0 Å². The van der Waals surface area contributed by atoms with Crippen molar-refractivity contribution in [2.45, 2.75) is 25.4 Å². The zero-order chi connectivity index (χ0) is 16.9. The zero-order valence-electron chi connectivity index (χ0n) is 13.0. The SMILES string of the molecule is N#Cc1ccc(N2CCC[C@@H](NC(=O)Cn3cncn3)C2)c(F)c1. The van der Waals surface area contributed by atoms with Crippen molar-refractivity contribution in [1.82, 2.24) is 20.1 Å². The van der Waals surface area contributed by atoms with Crippen LogP contribution < -0.4 is 10.2 Å². The lowest BCUT2D eigenvalue weighted by Gasteiger charge is -2.35. The number of halogens is 1. The predicted octanol–water partition coefficient (Wildman–Crippen LogP) is 1.07. The lowest BCUT2D eigenvalue weighted by atomic mass is 10.0. The Hall–Kier alpha value is -2.95. The fourth-order valence-corrected chi connectivity index (χ4v) is 2.88. The summed E-state index contributed by atoms with van der Waals surface area (Å²) >= 11 is 0. The molecule has 1 aromatic carbocycles. The minimum Gasteiger partial charge on any atom is -0.367 e. The Kier molecular flexibility index (Phi) is 4.70. The number of carbonyl (C=O) groups excluding carboxylic acids is 1. The number of piperidine rings is 1. The van der Waals surface area contributed by atoms with Crippen LogP contribution in [0.4, 0.5) is 10.1 Å². The van der Waals surface area contributed by atoms with E-state index in [-0.39, 0.29) is 18.5 Å². The van der Waals surface area contributed by atoms with E-state index in [0.29, 0.717) is 17.8 Å². The van der Waals surface area contributed by atoms with Crippen LogP contribution in [0, 0.1) is 17.1 Å². The standard InChI is InChI=1S/C16H17FN6O/c17-14-6-12(7-18)3-4-15(14)22-5-1-2-13(8-22)21-16(24)9-23-11-19-10-20-23/h3-4,6,10-11,13H,1-2,5,8-9H2,(H,21,24)/t13-/m1/s1. The molecule has 1 saturated heterocycles. The van der Waals surface area contributed by atoms with Crippen molar-refractivity contribution in [1.29, 1.82) is 5.26 Å². The summed E-state index contributed by atoms with van der Waals surface area (Å²) in [5, 5.41) is 15.7. The van der Waals surface area contributed by atoms with Crippen LogP contribution in [0.1, 0.15) is 18.4 Å². The number of nitrogens with one attached hydrogen (secondary N) is 1. The highest BCUT2D eigenvalue weighted by molar-refractivity contribution is 5.76. The topological polar surface area (TPSA) is 86.8 Å². The van der Waals surface area contributed by atoms with Gasteiger partial charge in [0.25, 0.3) is 0 Å². The van der Waals surface area contributed by atoms with Crippen molar-refractivity contribution < 1.29 is 9.18 Å². The number of nitriles is 1. The molecule has 1 aliphatic heterocycles. The molecule has 2 aromatic rings. The maximum atomic E-state index is 14.2. The molecule has 1 fully saturated rings. The second kappa shape index (κ2) is 7.08. The Bertz CT molecular complexity index is 754. The Labute approximate surface area is 138 Å². The minimum absolute atomic E-state index is 0.0511. The van der Waals surface area contributed by atoms with E-state index in [9.17, 15) is 9.18 Å². The number of amides is 1. The molecule has 0 aliphatic carbocycles. The highest BCUT2D eigenvalue weighted by Gasteiger charge is 2.23. The molecule has 0 bridgehead atoms. The largest absolute Gasteiger partial charge is 0.367 e. The van der Waals surface area contributed by atoms with Gasteiger partial charge in [-0.05, 0) is 31.0 Å². The van der Waals surface area contributed by atoms with Crippen molar-refractivity contribution >= 4 is 11.6 Å². The fourth-order valence-electron chi connectivity index (χ4n) is 2.88. The molecule has 0 saturated carbocycles. The molecule has 2 heterocycles. The van der Waals surface area contributed by atoms with Crippen LogP contribution in [-0.4, -0.2) is 39.8 Å². The summed E-state index contributed by atoms with van der Waals surface area (Å²) in [7, 11) is 0. The number of aromatic nitrogens is 3. The third-order valence-electron chi connectivity index (χ3n) is 3.98. The van der Waals surface area contributed by atoms with E-state index in [1.807, 2.05) is 11.0 Å². The second-order valence-corrected chi connectivity index (χ2v) is 5.72. The first-order chi connectivity index (χ1) is 11.7. The second-order valence-electron chi connectivity index (χ2n) is 5.72. The van der Waals surface area contributed by atoms with Gasteiger partial charge in [-0.15, -0.1) is 0 Å². The summed E-state index contributed by atoms with van der Waals surface area (Å²) in [6.07, 6.45) is 4.56. The van der Waals surface area contributed by atoms with Crippen LogP contribution in [0.5, 0.6) is 0 Å². The Morgan fingerprint density at radius 2 is 2.38 bits per heavy atom. The van der Waals surface area contributed by atoms with E-state index in [1.54, 1.807) is 12.1 Å². The predicted molar refractivity (Wildman–Crippen MR) is 84.5 cm³/mol. The number of hydrogen-bond donors (Lipinski definition) is 1. The first-order valence-electron chi connectivity index (χ1n) is 7.72. The number of anilines is 1. The van der Waals surface area contributed by atoms with Crippen LogP contribution in [0.15, 0.2) is 30.9 Å². The molecule has 1 atom stereocenters. The molecule has 7 nitrogen and oxygen atoms in total. The Balaban J connectivity index is 1.62. The smallest absolute Gasteiger partial charge is 0.242 e. The van der Waals surface area contributed by atoms with Crippen LogP contribution in [0.25, 0.3) is 0 Å². The molecule has 0 radical (unpaired) electrons. The van der Waals surface area contributed by atoms with Crippen LogP contribution >= 0.6 is 0 Å². The first-order valence-corrected chi connectivity index (χ1v) is 7.72. The van der Waals surface area contributed by atoms with E-state index in [1.165, 1.54) is 23.4 Å². The number of nitrogens with zero attached hydrogens (tertiary/aromatic N) is 5. The van der Waals surface area contributed by atoms with E-state index < -0.39 is 5.82 Å². The first kappa shape index (κ1) is 15.9. The van der Waals surface area contributed by atoms with E-state index in [2.05, 4.69) is 15.4 Å². The van der Waals surface area contributed by atoms with Gasteiger partial charge in [-0.1, -0.05) is 0 Å². The van der Waals surface area contributed by atoms with Crippen LogP contribution in [-0.2, 0) is 11.3 Å². The van der Waals surface area contributed by atoms with Gasteiger partial charge in [0.1, 0.15) is 25.0 Å². The maximum absolute atomic E-state index is 14.2. The van der Waals surface area contributed by atoms with Gasteiger partial charge in [0.05, 0.1) is 17.3 Å². The molecule has 0 unspecified atom stereocenters. The molecule has 1 N–H and O–H groups in total. The molecular formula is C16H17FN6O. The van der Waals surface area contributed by atoms with E-state index in [0.717, 1.165) is 19.4 Å². The lowest BCUT2D eigenvalue weighted by molar-refractivity contribution is -0.122. The van der Waals surface area contributed by atoms with Gasteiger partial charge < -0.3 is 10.2 Å². The van der Waals surface area contributed by atoms with Crippen molar-refractivity contribution in [3.8, 4) is 6.07 Å². The molecular weight excluding hydrogens is 311 g/mol. The van der Waals surface area contributed by atoms with Gasteiger partial charge in [0, 0.05) is 19.1 Å². The average Bonchev–Trinajstić information content (AvgIpc) is 3.07. The number of rotatable bonds is 4. The third-order valence-corrected chi connectivity index (χ3v) is 3.98. The van der Waals surface area contributed by atoms with Crippen molar-refractivity contribution in [3.63, 3.8) is 0 Å². The average molecular weight is 328 g/mol. The molecule has 124 valence electrons. The summed E-state index contributed by atoms with van der Waals surface area (Å²) < 4.78 is 15.6. The molecule has 3 rings (SSSR count). The van der Waals surface area contributed by atoms with Gasteiger partial charge in [0.15, 0.2) is 0 Å². The summed E-state index contributed by atoms with van der Waals surface area (Å²) in [4.78, 5) is 17.7. The summed E-state index contributed by atoms with van der Waals surface area (Å²) in [5.74, 6) is -0.559. The lowest BCUT2D eigenvalue weighted by Crippen LogP contribution is -2.48. The normalized spacial score (nSPS) is 17.3. The van der Waals surface area contributed by atoms with Crippen molar-refractivity contribution in [2.75, 3.05) is 18.0 Å². The maximum Gasteiger partial charge on any atom is 0.242 e. The molecule has 8 heteroatoms. The molecule has 1 aromatic heterocycles. The summed E-state index contributed by atoms with van der Waals surface area (Å²) in [6.45, 7) is 1.37. The number of benzene rings is 1. The van der Waals surface area contributed by atoms with Gasteiger partial charge in [-0.2, -0.15) is 10.4 Å². The Morgan fingerprint density at radius 3 is 3.08 bits per heavy atom. The highest BCUT2D eigenvalue weighted by atomic mass is 19.1. The summed E-state index contributed by atoms with van der Waals surface area (Å²) in [6, 6.07) is 6.33. The van der Waals surface area contributed by atoms with Gasteiger partial charge >= 0.3 is 0 Å². The van der Waals surface area contributed by atoms with E-state index >= 15 is 0 Å². The molecule has 1 amide bonds. The van der Waals surface area contributed by atoms with Crippen molar-refractivity contribution in [2.24, 2.45) is 0 Å².